The van der Waals surface area contributed by atoms with Crippen molar-refractivity contribution in [2.75, 3.05) is 6.61 Å². The molecule has 30 heavy (non-hydrogen) atoms. The number of rotatable bonds is 8. The third-order valence-corrected chi connectivity index (χ3v) is 6.36. The maximum Gasteiger partial charge on any atom is 0.673 e. The zero-order chi connectivity index (χ0) is 21.8. The number of unbranched alkanes of at least 4 members (excludes halogenated alkanes) is 1. The summed E-state index contributed by atoms with van der Waals surface area (Å²) in [6.07, 6.45) is 2.27. The van der Waals surface area contributed by atoms with Crippen LogP contribution in [0.4, 0.5) is 17.3 Å². The summed E-state index contributed by atoms with van der Waals surface area (Å²) in [6, 6.07) is 30.2. The third-order valence-electron chi connectivity index (χ3n) is 4.06. The smallest absolute Gasteiger partial charge is 0.494 e. The molecule has 0 aromatic heterocycles. The molecule has 0 heterocycles. The predicted octanol–water partition coefficient (Wildman–Crippen LogP) is 7.40. The van der Waals surface area contributed by atoms with Crippen LogP contribution in [0.3, 0.4) is 0 Å². The average molecular weight is 436 g/mol. The molecule has 0 aliphatic rings. The minimum absolute atomic E-state index is 0.0436. The highest BCUT2D eigenvalue weighted by atomic mass is 32.2. The second kappa shape index (κ2) is 12.3. The highest BCUT2D eigenvalue weighted by molar-refractivity contribution is 7.96. The fourth-order valence-electron chi connectivity index (χ4n) is 2.66. The van der Waals surface area contributed by atoms with Crippen LogP contribution < -0.4 is 4.74 Å². The highest BCUT2D eigenvalue weighted by Crippen LogP contribution is 2.27. The van der Waals surface area contributed by atoms with Crippen LogP contribution in [0.5, 0.6) is 5.75 Å². The van der Waals surface area contributed by atoms with Crippen molar-refractivity contribution in [3.05, 3.63) is 90.5 Å². The molecule has 0 bridgehead atoms. The molecule has 3 rings (SSSR count). The summed E-state index contributed by atoms with van der Waals surface area (Å²) in [5.41, 5.74) is 1.35. The fourth-order valence-corrected chi connectivity index (χ4v) is 4.76. The van der Waals surface area contributed by atoms with Gasteiger partial charge < -0.3 is 22.0 Å². The maximum absolute atomic E-state index is 9.75. The first-order valence-electron chi connectivity index (χ1n) is 9.77. The molecule has 0 fully saturated rings. The Kier molecular flexibility index (Phi) is 9.81. The summed E-state index contributed by atoms with van der Waals surface area (Å²) in [7, 11) is -5.96. The van der Waals surface area contributed by atoms with E-state index in [-0.39, 0.29) is 10.9 Å². The minimum atomic E-state index is -6.00. The van der Waals surface area contributed by atoms with E-state index in [0.717, 1.165) is 31.0 Å². The van der Waals surface area contributed by atoms with Crippen molar-refractivity contribution in [2.45, 2.75) is 35.3 Å². The zero-order valence-corrected chi connectivity index (χ0v) is 17.6. The Morgan fingerprint density at radius 3 is 1.63 bits per heavy atom. The quantitative estimate of drug-likeness (QED) is 0.155. The molecule has 0 aliphatic heterocycles. The van der Waals surface area contributed by atoms with Crippen LogP contribution in [0.2, 0.25) is 0 Å². The standard InChI is InChI=1S/C23H25OS.BF4/c1-2-3-18-24-21-16-14-20(15-17-21)19-25(22-10-6-4-7-11-22)23-12-8-5-9-13-23;2-1(3,4)5/h4-17H,2-3,18-19H2,1H3;/q+1;-1. The number of ether oxygens (including phenoxy) is 1. The van der Waals surface area contributed by atoms with Crippen LogP contribution in [0.15, 0.2) is 94.7 Å². The molecule has 0 atom stereocenters. The monoisotopic (exact) mass is 436 g/mol. The normalized spacial score (nSPS) is 11.0. The summed E-state index contributed by atoms with van der Waals surface area (Å²) >= 11 is 0. The first-order valence-corrected chi connectivity index (χ1v) is 11.2. The molecule has 0 aliphatic carbocycles. The summed E-state index contributed by atoms with van der Waals surface area (Å²) in [4.78, 5) is 2.77. The van der Waals surface area contributed by atoms with Crippen LogP contribution in [-0.2, 0) is 16.6 Å². The lowest BCUT2D eigenvalue weighted by molar-refractivity contribution is 0.309. The fraction of sp³-hybridized carbons (Fsp3) is 0.217. The Labute approximate surface area is 178 Å². The van der Waals surface area contributed by atoms with E-state index in [9.17, 15) is 17.3 Å². The van der Waals surface area contributed by atoms with Crippen molar-refractivity contribution in [3.63, 3.8) is 0 Å². The maximum atomic E-state index is 9.75. The topological polar surface area (TPSA) is 9.23 Å². The largest absolute Gasteiger partial charge is 0.673 e. The number of hydrogen-bond acceptors (Lipinski definition) is 1. The van der Waals surface area contributed by atoms with Gasteiger partial charge in [0, 0.05) is 5.56 Å². The van der Waals surface area contributed by atoms with E-state index in [2.05, 4.69) is 91.9 Å². The first kappa shape index (κ1) is 23.9. The van der Waals surface area contributed by atoms with Crippen LogP contribution in [0.25, 0.3) is 0 Å². The summed E-state index contributed by atoms with van der Waals surface area (Å²) in [5.74, 6) is 1.99. The first-order chi connectivity index (χ1) is 14.4. The lowest BCUT2D eigenvalue weighted by Gasteiger charge is -2.09. The van der Waals surface area contributed by atoms with Crippen molar-refractivity contribution in [3.8, 4) is 5.75 Å². The second-order valence-electron chi connectivity index (χ2n) is 6.50. The van der Waals surface area contributed by atoms with E-state index < -0.39 is 7.25 Å². The molecular weight excluding hydrogens is 411 g/mol. The van der Waals surface area contributed by atoms with Crippen LogP contribution in [0, 0.1) is 0 Å². The van der Waals surface area contributed by atoms with E-state index >= 15 is 0 Å². The molecular formula is C23H25BF4OS. The molecule has 1 nitrogen and oxygen atoms in total. The van der Waals surface area contributed by atoms with E-state index in [1.54, 1.807) is 0 Å². The Bertz CT molecular complexity index is 797. The van der Waals surface area contributed by atoms with E-state index in [1.165, 1.54) is 15.4 Å². The van der Waals surface area contributed by atoms with E-state index in [4.69, 9.17) is 4.74 Å². The molecule has 0 N–H and O–H groups in total. The van der Waals surface area contributed by atoms with Gasteiger partial charge in [0.15, 0.2) is 9.79 Å². The molecule has 3 aromatic rings. The van der Waals surface area contributed by atoms with Crippen molar-refractivity contribution in [1.82, 2.24) is 0 Å². The number of benzene rings is 3. The van der Waals surface area contributed by atoms with Crippen molar-refractivity contribution in [1.29, 1.82) is 0 Å². The summed E-state index contributed by atoms with van der Waals surface area (Å²) < 4.78 is 44.8. The summed E-state index contributed by atoms with van der Waals surface area (Å²) in [6.45, 7) is 2.98. The van der Waals surface area contributed by atoms with E-state index in [0.29, 0.717) is 0 Å². The zero-order valence-electron chi connectivity index (χ0n) is 16.8. The number of hydrogen-bond donors (Lipinski definition) is 0. The molecule has 0 radical (unpaired) electrons. The molecule has 0 saturated heterocycles. The SMILES string of the molecule is CCCCOc1ccc(C[S+](c2ccccc2)c2ccccc2)cc1.F[B-](F)(F)F. The molecule has 7 heteroatoms. The summed E-state index contributed by atoms with van der Waals surface area (Å²) in [5, 5.41) is 0. The molecule has 0 spiro atoms. The van der Waals surface area contributed by atoms with Gasteiger partial charge in [-0.05, 0) is 42.8 Å². The lowest BCUT2D eigenvalue weighted by Crippen LogP contribution is -2.07. The third kappa shape index (κ3) is 9.40. The lowest BCUT2D eigenvalue weighted by atomic mass is 10.2. The second-order valence-corrected chi connectivity index (χ2v) is 8.51. The molecule has 0 saturated carbocycles. The van der Waals surface area contributed by atoms with Gasteiger partial charge in [-0.1, -0.05) is 61.9 Å². The van der Waals surface area contributed by atoms with Gasteiger partial charge in [-0.15, -0.1) is 0 Å². The molecule has 0 amide bonds. The average Bonchev–Trinajstić information content (AvgIpc) is 2.73. The van der Waals surface area contributed by atoms with Gasteiger partial charge in [0.25, 0.3) is 0 Å². The van der Waals surface area contributed by atoms with Gasteiger partial charge in [0.2, 0.25) is 0 Å². The Hall–Kier alpha value is -2.41. The molecule has 160 valence electrons. The van der Waals surface area contributed by atoms with Gasteiger partial charge >= 0.3 is 7.25 Å². The van der Waals surface area contributed by atoms with Crippen molar-refractivity contribution < 1.29 is 22.0 Å². The van der Waals surface area contributed by atoms with Gasteiger partial charge in [0.1, 0.15) is 11.5 Å². The van der Waals surface area contributed by atoms with E-state index in [1.807, 2.05) is 0 Å². The predicted molar refractivity (Wildman–Crippen MR) is 118 cm³/mol. The van der Waals surface area contributed by atoms with Crippen molar-refractivity contribution >= 4 is 18.1 Å². The van der Waals surface area contributed by atoms with Gasteiger partial charge in [-0.3, -0.25) is 0 Å². The molecule has 0 unspecified atom stereocenters. The number of halogens is 4. The van der Waals surface area contributed by atoms with Gasteiger partial charge in [0.05, 0.1) is 17.5 Å². The molecule has 3 aromatic carbocycles. The minimum Gasteiger partial charge on any atom is -0.494 e. The van der Waals surface area contributed by atoms with Gasteiger partial charge in [-0.2, -0.15) is 0 Å². The van der Waals surface area contributed by atoms with Gasteiger partial charge in [-0.25, -0.2) is 0 Å². The van der Waals surface area contributed by atoms with Crippen molar-refractivity contribution in [2.24, 2.45) is 0 Å². The highest BCUT2D eigenvalue weighted by Gasteiger charge is 2.25. The Morgan fingerprint density at radius 2 is 1.20 bits per heavy atom. The Balaban J connectivity index is 0.000000575. The van der Waals surface area contributed by atoms with Crippen LogP contribution in [-0.4, -0.2) is 13.9 Å². The van der Waals surface area contributed by atoms with Crippen LogP contribution in [0.1, 0.15) is 25.3 Å². The Morgan fingerprint density at radius 1 is 0.733 bits per heavy atom. The van der Waals surface area contributed by atoms with Crippen LogP contribution >= 0.6 is 0 Å².